The van der Waals surface area contributed by atoms with E-state index >= 15 is 13.2 Å². The SMILES string of the molecule is CCCCCCCC[N+](CCCCCCCC)(CCCCCCCC)C(CC)c1c(OB(Oc2cc(C(F)(F)F)cc(C(F)(F)F)c2)Oc2cc(C(F)(F)F)cc(C(F)(F)F)c2)cc(C(F)(F)F)cc1C(F)(F)F. The highest BCUT2D eigenvalue weighted by Gasteiger charge is 2.49. The number of rotatable bonds is 30. The van der Waals surface area contributed by atoms with Crippen molar-refractivity contribution in [3.05, 3.63) is 87.5 Å². The molecule has 74 heavy (non-hydrogen) atoms. The Labute approximate surface area is 421 Å². The van der Waals surface area contributed by atoms with Gasteiger partial charge < -0.3 is 18.4 Å². The fraction of sp³-hybridized carbons (Fsp3) is 0.647. The van der Waals surface area contributed by atoms with E-state index in [1.165, 1.54) is 6.92 Å². The second-order valence-electron chi connectivity index (χ2n) is 18.7. The fourth-order valence-corrected chi connectivity index (χ4v) is 9.14. The van der Waals surface area contributed by atoms with Gasteiger partial charge in [-0.15, -0.1) is 0 Å². The smallest absolute Gasteiger partial charge is 0.490 e. The lowest BCUT2D eigenvalue weighted by Gasteiger charge is -2.47. The number of nitrogens with zero attached hydrogens (tertiary/aromatic N) is 1. The van der Waals surface area contributed by atoms with Gasteiger partial charge in [0.1, 0.15) is 23.3 Å². The van der Waals surface area contributed by atoms with Crippen molar-refractivity contribution in [1.82, 2.24) is 0 Å². The van der Waals surface area contributed by atoms with Crippen molar-refractivity contribution >= 4 is 7.32 Å². The summed E-state index contributed by atoms with van der Waals surface area (Å²) in [5, 5.41) is 0. The maximum Gasteiger partial charge on any atom is 0.864 e. The van der Waals surface area contributed by atoms with Gasteiger partial charge in [-0.25, -0.2) is 0 Å². The molecule has 0 aliphatic rings. The molecule has 0 spiro atoms. The second-order valence-corrected chi connectivity index (χ2v) is 18.7. The number of unbranched alkanes of at least 4 members (excludes halogenated alkanes) is 15. The number of hydrogen-bond donors (Lipinski definition) is 0. The van der Waals surface area contributed by atoms with Crippen LogP contribution in [0.3, 0.4) is 0 Å². The molecule has 1 atom stereocenters. The van der Waals surface area contributed by atoms with Crippen LogP contribution < -0.4 is 14.0 Å². The maximum atomic E-state index is 15.7. The molecular weight excluding hydrogens is 1030 g/mol. The minimum Gasteiger partial charge on any atom is -0.490 e. The normalized spacial score (nSPS) is 13.6. The van der Waals surface area contributed by atoms with Crippen LogP contribution in [0.4, 0.5) is 79.0 Å². The predicted octanol–water partition coefficient (Wildman–Crippen LogP) is 19.7. The van der Waals surface area contributed by atoms with E-state index in [-0.39, 0.29) is 79.1 Å². The van der Waals surface area contributed by atoms with Crippen LogP contribution in [0.1, 0.15) is 195 Å². The molecule has 4 nitrogen and oxygen atoms in total. The molecule has 0 heterocycles. The number of hydrogen-bond acceptors (Lipinski definition) is 3. The first-order valence-corrected chi connectivity index (χ1v) is 25.1. The predicted molar refractivity (Wildman–Crippen MR) is 245 cm³/mol. The Kier molecular flexibility index (Phi) is 24.0. The van der Waals surface area contributed by atoms with E-state index in [9.17, 15) is 65.9 Å². The van der Waals surface area contributed by atoms with Crippen molar-refractivity contribution in [3.8, 4) is 17.2 Å². The first kappa shape index (κ1) is 64.1. The van der Waals surface area contributed by atoms with Crippen LogP contribution >= 0.6 is 0 Å². The van der Waals surface area contributed by atoms with Gasteiger partial charge in [-0.3, -0.25) is 0 Å². The average molecular weight is 1090 g/mol. The Morgan fingerprint density at radius 3 is 0.946 bits per heavy atom. The van der Waals surface area contributed by atoms with Crippen LogP contribution in [-0.2, 0) is 37.1 Å². The van der Waals surface area contributed by atoms with Crippen LogP contribution in [0.25, 0.3) is 0 Å². The van der Waals surface area contributed by atoms with Crippen molar-refractivity contribution < 1.29 is 97.5 Å². The molecule has 3 aromatic carbocycles. The summed E-state index contributed by atoms with van der Waals surface area (Å²) in [5.41, 5.74) is -13.2. The highest BCUT2D eigenvalue weighted by Crippen LogP contribution is 2.49. The zero-order valence-corrected chi connectivity index (χ0v) is 41.8. The number of benzene rings is 3. The van der Waals surface area contributed by atoms with Crippen molar-refractivity contribution in [1.29, 1.82) is 0 Å². The lowest BCUT2D eigenvalue weighted by molar-refractivity contribution is -0.958. The zero-order chi connectivity index (χ0) is 55.8. The first-order valence-electron chi connectivity index (χ1n) is 25.1. The zero-order valence-electron chi connectivity index (χ0n) is 41.8. The number of alkyl halides is 18. The van der Waals surface area contributed by atoms with Gasteiger partial charge in [0.05, 0.1) is 58.6 Å². The van der Waals surface area contributed by atoms with Crippen molar-refractivity contribution in [2.24, 2.45) is 0 Å². The molecule has 0 aliphatic carbocycles. The van der Waals surface area contributed by atoms with E-state index in [1.807, 2.05) is 20.8 Å². The molecule has 0 bridgehead atoms. The van der Waals surface area contributed by atoms with Gasteiger partial charge in [0, 0.05) is 6.42 Å². The van der Waals surface area contributed by atoms with Crippen LogP contribution in [-0.4, -0.2) is 31.4 Å². The standard InChI is InChI=1S/C51H65BF18NO3/c1-5-9-12-15-18-21-24-71(25-22-19-16-13-10-6-2,26-23-20-17-14-11-7-3)43(8-4)45-42(51(68,69)70)33-39(50(65,66)67)34-44(45)74-52(72-40-29-35(46(53,54)55)27-36(30-40)47(56,57)58)73-41-31-37(48(59,60)61)28-38(32-41)49(62,63)64/h27-34,43H,5-26H2,1-4H3/q+1. The molecule has 0 amide bonds. The molecule has 0 aliphatic heterocycles. The van der Waals surface area contributed by atoms with Gasteiger partial charge in [-0.2, -0.15) is 79.0 Å². The molecule has 0 saturated heterocycles. The van der Waals surface area contributed by atoms with Crippen molar-refractivity contribution in [3.63, 3.8) is 0 Å². The molecule has 0 radical (unpaired) electrons. The monoisotopic (exact) mass is 1090 g/mol. The lowest BCUT2D eigenvalue weighted by atomic mass is 9.89. The average Bonchev–Trinajstić information content (AvgIpc) is 3.28. The van der Waals surface area contributed by atoms with Crippen LogP contribution in [0, 0.1) is 0 Å². The summed E-state index contributed by atoms with van der Waals surface area (Å²) in [6.45, 7) is 8.03. The van der Waals surface area contributed by atoms with Gasteiger partial charge in [-0.1, -0.05) is 105 Å². The highest BCUT2D eigenvalue weighted by molar-refractivity contribution is 6.39. The molecule has 0 N–H and O–H groups in total. The van der Waals surface area contributed by atoms with Gasteiger partial charge in [-0.05, 0) is 87.1 Å². The quantitative estimate of drug-likeness (QED) is 0.0288. The van der Waals surface area contributed by atoms with Gasteiger partial charge in [0.2, 0.25) is 0 Å². The number of quaternary nitrogens is 1. The molecule has 23 heteroatoms. The van der Waals surface area contributed by atoms with Crippen LogP contribution in [0.2, 0.25) is 0 Å². The third-order valence-corrected chi connectivity index (χ3v) is 12.8. The number of halogens is 18. The Balaban J connectivity index is 2.53. The van der Waals surface area contributed by atoms with Crippen LogP contribution in [0.5, 0.6) is 17.2 Å². The summed E-state index contributed by atoms with van der Waals surface area (Å²) in [6, 6.07) is -2.79. The summed E-state index contributed by atoms with van der Waals surface area (Å²) in [5.74, 6) is -4.53. The third-order valence-electron chi connectivity index (χ3n) is 12.8. The summed E-state index contributed by atoms with van der Waals surface area (Å²) in [4.78, 5) is 0. The summed E-state index contributed by atoms with van der Waals surface area (Å²) in [6.07, 6.45) is -20.6. The summed E-state index contributed by atoms with van der Waals surface area (Å²) in [7, 11) is -3.28. The molecule has 1 unspecified atom stereocenters. The fourth-order valence-electron chi connectivity index (χ4n) is 9.14. The van der Waals surface area contributed by atoms with Crippen LogP contribution in [0.15, 0.2) is 48.5 Å². The van der Waals surface area contributed by atoms with Crippen molar-refractivity contribution in [2.75, 3.05) is 19.6 Å². The van der Waals surface area contributed by atoms with E-state index in [0.717, 1.165) is 77.0 Å². The Morgan fingerprint density at radius 2 is 0.662 bits per heavy atom. The van der Waals surface area contributed by atoms with E-state index in [4.69, 9.17) is 14.0 Å². The van der Waals surface area contributed by atoms with Gasteiger partial charge >= 0.3 is 44.4 Å². The highest BCUT2D eigenvalue weighted by atomic mass is 19.4. The van der Waals surface area contributed by atoms with E-state index < -0.39 is 107 Å². The van der Waals surface area contributed by atoms with E-state index in [1.54, 1.807) is 0 Å². The molecule has 0 saturated carbocycles. The molecule has 3 rings (SSSR count). The largest absolute Gasteiger partial charge is 0.864 e. The Morgan fingerprint density at radius 1 is 0.365 bits per heavy atom. The molecule has 0 fully saturated rings. The van der Waals surface area contributed by atoms with E-state index in [2.05, 4.69) is 0 Å². The van der Waals surface area contributed by atoms with Gasteiger partial charge in [0.25, 0.3) is 0 Å². The minimum atomic E-state index is -5.65. The minimum absolute atomic E-state index is 0.0580. The van der Waals surface area contributed by atoms with Gasteiger partial charge in [0.15, 0.2) is 0 Å². The summed E-state index contributed by atoms with van der Waals surface area (Å²) >= 11 is 0. The molecular formula is C51H65BF18NO3+. The molecule has 0 aromatic heterocycles. The Hall–Kier alpha value is -4.18. The molecule has 420 valence electrons. The second kappa shape index (κ2) is 27.7. The first-order chi connectivity index (χ1) is 34.3. The Bertz CT molecular complexity index is 1970. The summed E-state index contributed by atoms with van der Waals surface area (Å²) < 4.78 is 276. The molecule has 3 aromatic rings. The maximum absolute atomic E-state index is 15.7. The van der Waals surface area contributed by atoms with Crippen molar-refractivity contribution in [2.45, 2.75) is 193 Å². The topological polar surface area (TPSA) is 27.7 Å². The van der Waals surface area contributed by atoms with E-state index in [0.29, 0.717) is 38.5 Å². The third kappa shape index (κ3) is 20.1. The lowest BCUT2D eigenvalue weighted by Crippen LogP contribution is -2.53.